The van der Waals surface area contributed by atoms with Gasteiger partial charge in [0.2, 0.25) is 11.7 Å². The van der Waals surface area contributed by atoms with E-state index in [1.54, 1.807) is 26.2 Å². The quantitative estimate of drug-likeness (QED) is 0.876. The SMILES string of the molecule is CN(Cc1nc(-c2cccnc2)no1)CC(C)(C)O. The van der Waals surface area contributed by atoms with Crippen molar-refractivity contribution in [1.29, 1.82) is 0 Å². The maximum atomic E-state index is 9.73. The summed E-state index contributed by atoms with van der Waals surface area (Å²) >= 11 is 0. The molecule has 0 fully saturated rings. The van der Waals surface area contributed by atoms with Crippen molar-refractivity contribution < 1.29 is 9.63 Å². The van der Waals surface area contributed by atoms with Crippen molar-refractivity contribution in [1.82, 2.24) is 20.0 Å². The molecule has 2 aromatic rings. The van der Waals surface area contributed by atoms with E-state index in [2.05, 4.69) is 15.1 Å². The summed E-state index contributed by atoms with van der Waals surface area (Å²) < 4.78 is 5.19. The third kappa shape index (κ3) is 4.11. The molecule has 0 radical (unpaired) electrons. The van der Waals surface area contributed by atoms with E-state index in [1.807, 2.05) is 24.1 Å². The second-order valence-corrected chi connectivity index (χ2v) is 5.24. The van der Waals surface area contributed by atoms with E-state index in [-0.39, 0.29) is 0 Å². The monoisotopic (exact) mass is 262 g/mol. The maximum Gasteiger partial charge on any atom is 0.241 e. The Labute approximate surface area is 112 Å². The van der Waals surface area contributed by atoms with Gasteiger partial charge < -0.3 is 9.63 Å². The molecular formula is C13H18N4O2. The molecule has 0 atom stereocenters. The third-order valence-corrected chi connectivity index (χ3v) is 2.45. The van der Waals surface area contributed by atoms with E-state index in [0.29, 0.717) is 24.8 Å². The largest absolute Gasteiger partial charge is 0.389 e. The average molecular weight is 262 g/mol. The lowest BCUT2D eigenvalue weighted by molar-refractivity contribution is 0.0397. The second kappa shape index (κ2) is 5.46. The third-order valence-electron chi connectivity index (χ3n) is 2.45. The van der Waals surface area contributed by atoms with Crippen molar-refractivity contribution >= 4 is 0 Å². The number of hydrogen-bond acceptors (Lipinski definition) is 6. The summed E-state index contributed by atoms with van der Waals surface area (Å²) in [6.07, 6.45) is 3.39. The minimum Gasteiger partial charge on any atom is -0.389 e. The first-order valence-electron chi connectivity index (χ1n) is 6.08. The average Bonchev–Trinajstić information content (AvgIpc) is 2.76. The lowest BCUT2D eigenvalue weighted by Crippen LogP contribution is -2.35. The van der Waals surface area contributed by atoms with Gasteiger partial charge in [-0.15, -0.1) is 0 Å². The van der Waals surface area contributed by atoms with Gasteiger partial charge in [-0.1, -0.05) is 5.16 Å². The van der Waals surface area contributed by atoms with Crippen LogP contribution in [0.5, 0.6) is 0 Å². The Bertz CT molecular complexity index is 519. The number of pyridine rings is 1. The van der Waals surface area contributed by atoms with Crippen molar-refractivity contribution in [3.05, 3.63) is 30.4 Å². The summed E-state index contributed by atoms with van der Waals surface area (Å²) in [5.41, 5.74) is 0.0728. The molecule has 1 N–H and O–H groups in total. The standard InChI is InChI=1S/C13H18N4O2/c1-13(2,18)9-17(3)8-11-15-12(16-19-11)10-5-4-6-14-7-10/h4-7,18H,8-9H2,1-3H3. The lowest BCUT2D eigenvalue weighted by atomic mass is 10.1. The fourth-order valence-electron chi connectivity index (χ4n) is 1.88. The van der Waals surface area contributed by atoms with Crippen LogP contribution in [0.25, 0.3) is 11.4 Å². The predicted octanol–water partition coefficient (Wildman–Crippen LogP) is 1.33. The number of hydrogen-bond donors (Lipinski definition) is 1. The maximum absolute atomic E-state index is 9.73. The molecule has 0 unspecified atom stereocenters. The zero-order chi connectivity index (χ0) is 13.9. The van der Waals surface area contributed by atoms with Crippen molar-refractivity contribution in [3.63, 3.8) is 0 Å². The molecule has 19 heavy (non-hydrogen) atoms. The van der Waals surface area contributed by atoms with Gasteiger partial charge in [-0.05, 0) is 33.0 Å². The van der Waals surface area contributed by atoms with Gasteiger partial charge in [-0.3, -0.25) is 9.88 Å². The number of likely N-dealkylation sites (N-methyl/N-ethyl adjacent to an activating group) is 1. The van der Waals surface area contributed by atoms with Crippen LogP contribution in [-0.4, -0.2) is 44.3 Å². The summed E-state index contributed by atoms with van der Waals surface area (Å²) in [6, 6.07) is 3.70. The topological polar surface area (TPSA) is 75.3 Å². The molecule has 6 nitrogen and oxygen atoms in total. The van der Waals surface area contributed by atoms with Crippen LogP contribution in [0.2, 0.25) is 0 Å². The molecule has 0 bridgehead atoms. The van der Waals surface area contributed by atoms with Crippen molar-refractivity contribution in [3.8, 4) is 11.4 Å². The molecule has 0 saturated heterocycles. The Kier molecular flexibility index (Phi) is 3.92. The van der Waals surface area contributed by atoms with Crippen LogP contribution in [0.1, 0.15) is 19.7 Å². The first-order chi connectivity index (χ1) is 8.94. The highest BCUT2D eigenvalue weighted by molar-refractivity contribution is 5.51. The molecule has 6 heteroatoms. The highest BCUT2D eigenvalue weighted by atomic mass is 16.5. The van der Waals surface area contributed by atoms with Gasteiger partial charge in [-0.25, -0.2) is 0 Å². The van der Waals surface area contributed by atoms with Gasteiger partial charge >= 0.3 is 0 Å². The molecule has 0 spiro atoms. The second-order valence-electron chi connectivity index (χ2n) is 5.24. The first-order valence-corrected chi connectivity index (χ1v) is 6.08. The summed E-state index contributed by atoms with van der Waals surface area (Å²) in [4.78, 5) is 10.3. The number of aliphatic hydroxyl groups is 1. The number of rotatable bonds is 5. The Morgan fingerprint density at radius 2 is 2.21 bits per heavy atom. The molecule has 0 amide bonds. The van der Waals surface area contributed by atoms with E-state index in [9.17, 15) is 5.11 Å². The van der Waals surface area contributed by atoms with Gasteiger partial charge in [0, 0.05) is 24.5 Å². The van der Waals surface area contributed by atoms with Gasteiger partial charge in [0.1, 0.15) is 0 Å². The molecule has 0 saturated carbocycles. The van der Waals surface area contributed by atoms with Crippen molar-refractivity contribution in [2.24, 2.45) is 0 Å². The predicted molar refractivity (Wildman–Crippen MR) is 70.2 cm³/mol. The highest BCUT2D eigenvalue weighted by Crippen LogP contribution is 2.14. The van der Waals surface area contributed by atoms with E-state index in [1.165, 1.54) is 0 Å². The summed E-state index contributed by atoms with van der Waals surface area (Å²) in [5, 5.41) is 13.7. The Balaban J connectivity index is 2.02. The zero-order valence-corrected chi connectivity index (χ0v) is 11.4. The molecule has 0 aliphatic heterocycles. The fraction of sp³-hybridized carbons (Fsp3) is 0.462. The minimum absolute atomic E-state index is 0.497. The molecule has 2 aromatic heterocycles. The van der Waals surface area contributed by atoms with Crippen molar-refractivity contribution in [2.75, 3.05) is 13.6 Å². The summed E-state index contributed by atoms with van der Waals surface area (Å²) in [7, 11) is 1.89. The molecule has 2 rings (SSSR count). The number of aromatic nitrogens is 3. The smallest absolute Gasteiger partial charge is 0.241 e. The Hall–Kier alpha value is -1.79. The van der Waals surface area contributed by atoms with Gasteiger partial charge in [0.25, 0.3) is 0 Å². The molecule has 102 valence electrons. The Morgan fingerprint density at radius 3 is 2.84 bits per heavy atom. The van der Waals surface area contributed by atoms with Crippen LogP contribution in [0.15, 0.2) is 29.0 Å². The van der Waals surface area contributed by atoms with E-state index in [4.69, 9.17) is 4.52 Å². The van der Waals surface area contributed by atoms with Gasteiger partial charge in [-0.2, -0.15) is 4.98 Å². The van der Waals surface area contributed by atoms with E-state index < -0.39 is 5.60 Å². The van der Waals surface area contributed by atoms with Crippen LogP contribution in [0.3, 0.4) is 0 Å². The van der Waals surface area contributed by atoms with E-state index >= 15 is 0 Å². The summed E-state index contributed by atoms with van der Waals surface area (Å²) in [6.45, 7) is 4.55. The Morgan fingerprint density at radius 1 is 1.42 bits per heavy atom. The molecular weight excluding hydrogens is 244 g/mol. The molecule has 0 aliphatic carbocycles. The highest BCUT2D eigenvalue weighted by Gasteiger charge is 2.17. The minimum atomic E-state index is -0.749. The fourth-order valence-corrected chi connectivity index (χ4v) is 1.88. The molecule has 0 aliphatic rings. The normalized spacial score (nSPS) is 12.1. The van der Waals surface area contributed by atoms with Crippen LogP contribution < -0.4 is 0 Å². The molecule has 2 heterocycles. The molecule has 0 aromatic carbocycles. The van der Waals surface area contributed by atoms with E-state index in [0.717, 1.165) is 5.56 Å². The van der Waals surface area contributed by atoms with Crippen LogP contribution >= 0.6 is 0 Å². The lowest BCUT2D eigenvalue weighted by Gasteiger charge is -2.23. The van der Waals surface area contributed by atoms with Crippen LogP contribution in [0.4, 0.5) is 0 Å². The summed E-state index contributed by atoms with van der Waals surface area (Å²) in [5.74, 6) is 1.05. The van der Waals surface area contributed by atoms with Gasteiger partial charge in [0.05, 0.1) is 12.1 Å². The first kappa shape index (κ1) is 13.6. The zero-order valence-electron chi connectivity index (χ0n) is 11.4. The number of nitrogens with zero attached hydrogens (tertiary/aromatic N) is 4. The van der Waals surface area contributed by atoms with Gasteiger partial charge in [0.15, 0.2) is 0 Å². The van der Waals surface area contributed by atoms with Crippen LogP contribution in [-0.2, 0) is 6.54 Å². The van der Waals surface area contributed by atoms with Crippen molar-refractivity contribution in [2.45, 2.75) is 26.0 Å². The van der Waals surface area contributed by atoms with Crippen LogP contribution in [0, 0.1) is 0 Å².